The van der Waals surface area contributed by atoms with Gasteiger partial charge in [0.1, 0.15) is 13.2 Å². The number of carbonyl (C=O) groups excluding carboxylic acids is 1. The zero-order valence-corrected chi connectivity index (χ0v) is 15.9. The van der Waals surface area contributed by atoms with Crippen LogP contribution in [0.25, 0.3) is 0 Å². The summed E-state index contributed by atoms with van der Waals surface area (Å²) in [6, 6.07) is 13.6. The number of hydrogen-bond donors (Lipinski definition) is 1. The average Bonchev–Trinajstić information content (AvgIpc) is 2.64. The van der Waals surface area contributed by atoms with Crippen LogP contribution in [-0.2, 0) is 10.3 Å². The molecule has 0 radical (unpaired) electrons. The van der Waals surface area contributed by atoms with Crippen LogP contribution in [0.4, 0.5) is 0 Å². The van der Waals surface area contributed by atoms with E-state index in [1.807, 2.05) is 42.5 Å². The topological polar surface area (TPSA) is 47.6 Å². The van der Waals surface area contributed by atoms with Crippen LogP contribution < -0.4 is 14.8 Å². The van der Waals surface area contributed by atoms with Crippen molar-refractivity contribution in [2.75, 3.05) is 19.0 Å². The molecule has 1 heterocycles. The number of nitrogens with one attached hydrogen (secondary N) is 1. The third kappa shape index (κ3) is 3.64. The van der Waals surface area contributed by atoms with Crippen LogP contribution in [0.1, 0.15) is 24.8 Å². The Hall–Kier alpha value is -1.85. The Morgan fingerprint density at radius 3 is 2.50 bits per heavy atom. The minimum atomic E-state index is -0.241. The van der Waals surface area contributed by atoms with E-state index < -0.39 is 0 Å². The van der Waals surface area contributed by atoms with Gasteiger partial charge in [0, 0.05) is 9.92 Å². The number of fused-ring (bicyclic) bond motifs is 1. The molecule has 0 spiro atoms. The summed E-state index contributed by atoms with van der Waals surface area (Å²) in [5.74, 6) is 1.92. The first kappa shape index (κ1) is 17.6. The van der Waals surface area contributed by atoms with Gasteiger partial charge in [0.05, 0.1) is 11.3 Å². The van der Waals surface area contributed by atoms with E-state index in [1.165, 1.54) is 11.8 Å². The molecule has 6 heteroatoms. The molecule has 2 aromatic rings. The van der Waals surface area contributed by atoms with Crippen molar-refractivity contribution in [1.82, 2.24) is 5.32 Å². The van der Waals surface area contributed by atoms with Gasteiger partial charge in [-0.1, -0.05) is 23.7 Å². The summed E-state index contributed by atoms with van der Waals surface area (Å²) in [6.45, 7) is 1.14. The molecule has 2 aliphatic rings. The fourth-order valence-electron chi connectivity index (χ4n) is 3.35. The molecule has 26 heavy (non-hydrogen) atoms. The van der Waals surface area contributed by atoms with Crippen LogP contribution in [0.2, 0.25) is 5.02 Å². The lowest BCUT2D eigenvalue weighted by atomic mass is 9.72. The largest absolute Gasteiger partial charge is 0.486 e. The molecule has 1 amide bonds. The van der Waals surface area contributed by atoms with Gasteiger partial charge in [-0.05, 0) is 55.2 Å². The Kier molecular flexibility index (Phi) is 5.00. The van der Waals surface area contributed by atoms with Gasteiger partial charge >= 0.3 is 0 Å². The Labute approximate surface area is 162 Å². The van der Waals surface area contributed by atoms with E-state index in [1.54, 1.807) is 0 Å². The van der Waals surface area contributed by atoms with Crippen LogP contribution in [0.5, 0.6) is 11.5 Å². The number of benzene rings is 2. The number of thioether (sulfide) groups is 1. The quantitative estimate of drug-likeness (QED) is 0.770. The monoisotopic (exact) mass is 389 g/mol. The molecule has 0 bridgehead atoms. The van der Waals surface area contributed by atoms with E-state index >= 15 is 0 Å². The predicted molar refractivity (Wildman–Crippen MR) is 103 cm³/mol. The molecule has 136 valence electrons. The zero-order valence-electron chi connectivity index (χ0n) is 14.3. The van der Waals surface area contributed by atoms with Crippen molar-refractivity contribution >= 4 is 29.3 Å². The van der Waals surface area contributed by atoms with Gasteiger partial charge in [-0.25, -0.2) is 0 Å². The fourth-order valence-corrected chi connectivity index (χ4v) is 4.20. The van der Waals surface area contributed by atoms with Gasteiger partial charge in [0.2, 0.25) is 5.91 Å². The third-order valence-electron chi connectivity index (χ3n) is 4.87. The lowest BCUT2D eigenvalue weighted by molar-refractivity contribution is -0.121. The van der Waals surface area contributed by atoms with Gasteiger partial charge in [-0.3, -0.25) is 4.79 Å². The zero-order chi connectivity index (χ0) is 18.0. The lowest BCUT2D eigenvalue weighted by Gasteiger charge is -2.43. The molecule has 0 saturated heterocycles. The smallest absolute Gasteiger partial charge is 0.231 e. The first-order chi connectivity index (χ1) is 12.6. The van der Waals surface area contributed by atoms with Crippen molar-refractivity contribution < 1.29 is 14.3 Å². The average molecular weight is 390 g/mol. The van der Waals surface area contributed by atoms with E-state index in [9.17, 15) is 4.79 Å². The molecular weight excluding hydrogens is 370 g/mol. The van der Waals surface area contributed by atoms with Gasteiger partial charge in [0.15, 0.2) is 11.5 Å². The first-order valence-corrected chi connectivity index (χ1v) is 10.1. The highest BCUT2D eigenvalue weighted by molar-refractivity contribution is 8.00. The van der Waals surface area contributed by atoms with Crippen molar-refractivity contribution in [3.05, 3.63) is 53.1 Å². The summed E-state index contributed by atoms with van der Waals surface area (Å²) in [5, 5.41) is 3.95. The molecule has 1 aliphatic carbocycles. The number of halogens is 1. The minimum Gasteiger partial charge on any atom is -0.486 e. The van der Waals surface area contributed by atoms with Crippen LogP contribution >= 0.6 is 23.4 Å². The van der Waals surface area contributed by atoms with Crippen molar-refractivity contribution in [2.24, 2.45) is 0 Å². The van der Waals surface area contributed by atoms with Crippen molar-refractivity contribution in [1.29, 1.82) is 0 Å². The minimum absolute atomic E-state index is 0.0412. The molecule has 0 aromatic heterocycles. The maximum absolute atomic E-state index is 12.5. The van der Waals surface area contributed by atoms with Crippen LogP contribution in [0, 0.1) is 0 Å². The van der Waals surface area contributed by atoms with Gasteiger partial charge in [0.25, 0.3) is 0 Å². The standard InChI is InChI=1S/C20H20ClNO3S/c21-15-4-2-14(3-5-15)20(8-1-9-20)22-19(23)13-26-16-6-7-17-18(12-16)25-11-10-24-17/h2-7,12H,1,8-11,13H2,(H,22,23). The Bertz CT molecular complexity index is 805. The molecule has 1 N–H and O–H groups in total. The Morgan fingerprint density at radius 2 is 1.81 bits per heavy atom. The van der Waals surface area contributed by atoms with E-state index in [2.05, 4.69) is 5.32 Å². The second-order valence-electron chi connectivity index (χ2n) is 6.58. The number of ether oxygens (including phenoxy) is 2. The second kappa shape index (κ2) is 7.41. The van der Waals surface area contributed by atoms with Crippen LogP contribution in [0.3, 0.4) is 0 Å². The normalized spacial score (nSPS) is 17.3. The van der Waals surface area contributed by atoms with Gasteiger partial charge in [-0.2, -0.15) is 0 Å². The van der Waals surface area contributed by atoms with Gasteiger partial charge < -0.3 is 14.8 Å². The predicted octanol–water partition coefficient (Wildman–Crippen LogP) is 4.40. The first-order valence-electron chi connectivity index (χ1n) is 8.74. The molecule has 0 atom stereocenters. The molecule has 1 fully saturated rings. The fraction of sp³-hybridized carbons (Fsp3) is 0.350. The third-order valence-corrected chi connectivity index (χ3v) is 6.11. The van der Waals surface area contributed by atoms with Crippen LogP contribution in [0.15, 0.2) is 47.4 Å². The van der Waals surface area contributed by atoms with Crippen molar-refractivity contribution in [3.8, 4) is 11.5 Å². The number of hydrogen-bond acceptors (Lipinski definition) is 4. The van der Waals surface area contributed by atoms with Gasteiger partial charge in [-0.15, -0.1) is 11.8 Å². The maximum Gasteiger partial charge on any atom is 0.231 e. The highest BCUT2D eigenvalue weighted by Crippen LogP contribution is 2.42. The maximum atomic E-state index is 12.5. The van der Waals surface area contributed by atoms with E-state index in [0.717, 1.165) is 41.2 Å². The van der Waals surface area contributed by atoms with E-state index in [0.29, 0.717) is 24.0 Å². The highest BCUT2D eigenvalue weighted by Gasteiger charge is 2.39. The summed E-state index contributed by atoms with van der Waals surface area (Å²) in [6.07, 6.45) is 3.06. The molecule has 4 nitrogen and oxygen atoms in total. The molecule has 0 unspecified atom stereocenters. The summed E-state index contributed by atoms with van der Waals surface area (Å²) in [5.41, 5.74) is 0.889. The summed E-state index contributed by atoms with van der Waals surface area (Å²) >= 11 is 7.49. The number of amides is 1. The highest BCUT2D eigenvalue weighted by atomic mass is 35.5. The summed E-state index contributed by atoms with van der Waals surface area (Å²) in [4.78, 5) is 13.5. The summed E-state index contributed by atoms with van der Waals surface area (Å²) < 4.78 is 11.1. The lowest BCUT2D eigenvalue weighted by Crippen LogP contribution is -2.51. The number of carbonyl (C=O) groups is 1. The summed E-state index contributed by atoms with van der Waals surface area (Å²) in [7, 11) is 0. The second-order valence-corrected chi connectivity index (χ2v) is 8.07. The van der Waals surface area contributed by atoms with Crippen molar-refractivity contribution in [2.45, 2.75) is 29.7 Å². The van der Waals surface area contributed by atoms with Crippen LogP contribution in [-0.4, -0.2) is 24.9 Å². The molecule has 1 aliphatic heterocycles. The van der Waals surface area contributed by atoms with E-state index in [-0.39, 0.29) is 11.4 Å². The van der Waals surface area contributed by atoms with Crippen molar-refractivity contribution in [3.63, 3.8) is 0 Å². The molecular formula is C20H20ClNO3S. The Balaban J connectivity index is 1.38. The molecule has 2 aromatic carbocycles. The molecule has 4 rings (SSSR count). The Morgan fingerprint density at radius 1 is 1.08 bits per heavy atom. The molecule has 1 saturated carbocycles. The SMILES string of the molecule is O=C(CSc1ccc2c(c1)OCCO2)NC1(c2ccc(Cl)cc2)CCC1. The number of rotatable bonds is 5. The van der Waals surface area contributed by atoms with E-state index in [4.69, 9.17) is 21.1 Å².